The maximum Gasteiger partial charge on any atom is 0.230 e. The summed E-state index contributed by atoms with van der Waals surface area (Å²) in [6.07, 6.45) is 9.60. The lowest BCUT2D eigenvalue weighted by Crippen LogP contribution is -2.31. The second-order valence-corrected chi connectivity index (χ2v) is 7.36. The van der Waals surface area contributed by atoms with E-state index in [9.17, 15) is 13.6 Å². The van der Waals surface area contributed by atoms with Crippen molar-refractivity contribution in [3.63, 3.8) is 0 Å². The highest BCUT2D eigenvalue weighted by atomic mass is 19.1. The number of halogens is 2. The topological polar surface area (TPSA) is 29.1 Å². The molecule has 1 aliphatic carbocycles. The maximum absolute atomic E-state index is 13.6. The van der Waals surface area contributed by atoms with E-state index in [1.54, 1.807) is 0 Å². The fraction of sp³-hybridized carbons (Fsp3) is 0.632. The molecule has 0 aromatic heterocycles. The highest BCUT2D eigenvalue weighted by molar-refractivity contribution is 5.94. The Morgan fingerprint density at radius 1 is 1.22 bits per heavy atom. The van der Waals surface area contributed by atoms with Gasteiger partial charge in [0, 0.05) is 11.5 Å². The number of carbonyl (C=O) groups excluding carboxylic acids is 1. The normalized spacial score (nSPS) is 16.3. The Labute approximate surface area is 137 Å². The smallest absolute Gasteiger partial charge is 0.230 e. The first-order valence-corrected chi connectivity index (χ1v) is 8.65. The molecule has 1 aliphatic rings. The number of nitrogens with one attached hydrogen (secondary N) is 1. The first kappa shape index (κ1) is 17.9. The molecule has 0 unspecified atom stereocenters. The number of carbonyl (C=O) groups is 1. The van der Waals surface area contributed by atoms with Gasteiger partial charge in [-0.1, -0.05) is 58.8 Å². The van der Waals surface area contributed by atoms with E-state index in [0.717, 1.165) is 30.9 Å². The molecule has 0 atom stereocenters. The minimum absolute atomic E-state index is 0.0387. The van der Waals surface area contributed by atoms with E-state index >= 15 is 0 Å². The second kappa shape index (κ2) is 7.89. The van der Waals surface area contributed by atoms with Gasteiger partial charge in [0.15, 0.2) is 0 Å². The van der Waals surface area contributed by atoms with E-state index in [1.165, 1.54) is 44.6 Å². The summed E-state index contributed by atoms with van der Waals surface area (Å²) in [5.74, 6) is -0.799. The van der Waals surface area contributed by atoms with Crippen LogP contribution >= 0.6 is 0 Å². The number of benzene rings is 1. The fourth-order valence-electron chi connectivity index (χ4n) is 3.30. The van der Waals surface area contributed by atoms with Crippen LogP contribution < -0.4 is 5.32 Å². The summed E-state index contributed by atoms with van der Waals surface area (Å²) < 4.78 is 26.5. The van der Waals surface area contributed by atoms with Crippen molar-refractivity contribution in [1.82, 2.24) is 0 Å². The maximum atomic E-state index is 13.6. The third kappa shape index (κ3) is 5.29. The highest BCUT2D eigenvalue weighted by Gasteiger charge is 2.28. The summed E-state index contributed by atoms with van der Waals surface area (Å²) >= 11 is 0. The Bertz CT molecular complexity index is 536. The lowest BCUT2D eigenvalue weighted by Gasteiger charge is -2.26. The Morgan fingerprint density at radius 3 is 2.57 bits per heavy atom. The molecule has 0 aliphatic heterocycles. The molecular weight excluding hydrogens is 296 g/mol. The quantitative estimate of drug-likeness (QED) is 0.717. The molecule has 0 heterocycles. The van der Waals surface area contributed by atoms with Gasteiger partial charge in [0.1, 0.15) is 11.6 Å². The molecule has 0 saturated heterocycles. The van der Waals surface area contributed by atoms with E-state index in [1.807, 2.05) is 13.8 Å². The van der Waals surface area contributed by atoms with Gasteiger partial charge in [-0.05, 0) is 24.5 Å². The molecule has 0 bridgehead atoms. The van der Waals surface area contributed by atoms with Crippen molar-refractivity contribution >= 4 is 11.6 Å². The van der Waals surface area contributed by atoms with E-state index in [4.69, 9.17) is 0 Å². The van der Waals surface area contributed by atoms with E-state index in [2.05, 4.69) is 5.32 Å². The number of anilines is 1. The number of rotatable bonds is 6. The van der Waals surface area contributed by atoms with E-state index in [-0.39, 0.29) is 11.6 Å². The summed E-state index contributed by atoms with van der Waals surface area (Å²) in [4.78, 5) is 12.4. The van der Waals surface area contributed by atoms with Crippen LogP contribution in [-0.4, -0.2) is 5.91 Å². The second-order valence-electron chi connectivity index (χ2n) is 7.36. The van der Waals surface area contributed by atoms with Crippen molar-refractivity contribution in [2.75, 3.05) is 5.32 Å². The van der Waals surface area contributed by atoms with Crippen LogP contribution in [-0.2, 0) is 4.79 Å². The molecule has 1 amide bonds. The van der Waals surface area contributed by atoms with E-state index < -0.39 is 17.0 Å². The van der Waals surface area contributed by atoms with Crippen LogP contribution in [0.5, 0.6) is 0 Å². The van der Waals surface area contributed by atoms with Gasteiger partial charge in [0.2, 0.25) is 5.91 Å². The van der Waals surface area contributed by atoms with Crippen LogP contribution in [0.1, 0.15) is 65.2 Å². The lowest BCUT2D eigenvalue weighted by molar-refractivity contribution is -0.124. The van der Waals surface area contributed by atoms with Crippen LogP contribution in [0.25, 0.3) is 0 Å². The molecule has 1 aromatic rings. The fourth-order valence-corrected chi connectivity index (χ4v) is 3.30. The van der Waals surface area contributed by atoms with Crippen LogP contribution in [0, 0.1) is 23.0 Å². The van der Waals surface area contributed by atoms with Crippen molar-refractivity contribution in [2.45, 2.75) is 65.2 Å². The standard InChI is InChI=1S/C19H27F2NO/c1-19(2,12-6-9-14-7-4-3-5-8-14)18(23)22-17-11-10-15(20)13-16(17)21/h10-11,13-14H,3-9,12H2,1-2H3,(H,22,23). The Kier molecular flexibility index (Phi) is 6.14. The first-order valence-electron chi connectivity index (χ1n) is 8.65. The van der Waals surface area contributed by atoms with E-state index in [0.29, 0.717) is 0 Å². The molecule has 1 saturated carbocycles. The van der Waals surface area contributed by atoms with Crippen molar-refractivity contribution < 1.29 is 13.6 Å². The third-order valence-electron chi connectivity index (χ3n) is 4.93. The summed E-state index contributed by atoms with van der Waals surface area (Å²) in [7, 11) is 0. The van der Waals surface area contributed by atoms with Gasteiger partial charge in [-0.15, -0.1) is 0 Å². The largest absolute Gasteiger partial charge is 0.323 e. The molecule has 1 fully saturated rings. The Morgan fingerprint density at radius 2 is 1.91 bits per heavy atom. The zero-order valence-electron chi connectivity index (χ0n) is 14.1. The van der Waals surface area contributed by atoms with Gasteiger partial charge in [-0.2, -0.15) is 0 Å². The van der Waals surface area contributed by atoms with Gasteiger partial charge in [-0.25, -0.2) is 8.78 Å². The molecule has 1 aromatic carbocycles. The van der Waals surface area contributed by atoms with Crippen molar-refractivity contribution in [3.05, 3.63) is 29.8 Å². The first-order chi connectivity index (χ1) is 10.9. The molecule has 128 valence electrons. The zero-order chi connectivity index (χ0) is 16.9. The van der Waals surface area contributed by atoms with Crippen molar-refractivity contribution in [1.29, 1.82) is 0 Å². The Balaban J connectivity index is 1.83. The number of amides is 1. The molecule has 2 nitrogen and oxygen atoms in total. The minimum atomic E-state index is -0.739. The number of hydrogen-bond acceptors (Lipinski definition) is 1. The molecule has 1 N–H and O–H groups in total. The van der Waals surface area contributed by atoms with Crippen molar-refractivity contribution in [2.24, 2.45) is 11.3 Å². The Hall–Kier alpha value is -1.45. The lowest BCUT2D eigenvalue weighted by atomic mass is 9.81. The highest BCUT2D eigenvalue weighted by Crippen LogP contribution is 2.31. The predicted octanol–water partition coefficient (Wildman–Crippen LogP) is 5.68. The average molecular weight is 323 g/mol. The van der Waals surface area contributed by atoms with Crippen LogP contribution in [0.3, 0.4) is 0 Å². The number of hydrogen-bond donors (Lipinski definition) is 1. The molecule has 23 heavy (non-hydrogen) atoms. The van der Waals surface area contributed by atoms with Gasteiger partial charge in [0.25, 0.3) is 0 Å². The van der Waals surface area contributed by atoms with Gasteiger partial charge < -0.3 is 5.32 Å². The summed E-state index contributed by atoms with van der Waals surface area (Å²) in [5, 5.41) is 2.59. The predicted molar refractivity (Wildman–Crippen MR) is 89.2 cm³/mol. The van der Waals surface area contributed by atoms with Gasteiger partial charge in [-0.3, -0.25) is 4.79 Å². The molecule has 2 rings (SSSR count). The minimum Gasteiger partial charge on any atom is -0.323 e. The summed E-state index contributed by atoms with van der Waals surface area (Å²) in [6.45, 7) is 3.76. The van der Waals surface area contributed by atoms with Crippen molar-refractivity contribution in [3.8, 4) is 0 Å². The summed E-state index contributed by atoms with van der Waals surface area (Å²) in [5.41, 5.74) is -0.521. The zero-order valence-corrected chi connectivity index (χ0v) is 14.1. The van der Waals surface area contributed by atoms with Crippen LogP contribution in [0.15, 0.2) is 18.2 Å². The average Bonchev–Trinajstić information content (AvgIpc) is 2.51. The third-order valence-corrected chi connectivity index (χ3v) is 4.93. The van der Waals surface area contributed by atoms with Crippen LogP contribution in [0.4, 0.5) is 14.5 Å². The molecule has 0 radical (unpaired) electrons. The van der Waals surface area contributed by atoms with Gasteiger partial charge in [0.05, 0.1) is 5.69 Å². The monoisotopic (exact) mass is 323 g/mol. The molecule has 4 heteroatoms. The van der Waals surface area contributed by atoms with Crippen LogP contribution in [0.2, 0.25) is 0 Å². The SMILES string of the molecule is CC(C)(CCCC1CCCCC1)C(=O)Nc1ccc(F)cc1F. The molecule has 0 spiro atoms. The van der Waals surface area contributed by atoms with Gasteiger partial charge >= 0.3 is 0 Å². The summed E-state index contributed by atoms with van der Waals surface area (Å²) in [6, 6.07) is 3.20. The molecular formula is C19H27F2NO.